The van der Waals surface area contributed by atoms with E-state index in [1.807, 2.05) is 32.4 Å². The summed E-state index contributed by atoms with van der Waals surface area (Å²) >= 11 is 0. The van der Waals surface area contributed by atoms with Crippen LogP contribution in [0.25, 0.3) is 0 Å². The van der Waals surface area contributed by atoms with Crippen molar-refractivity contribution in [1.82, 2.24) is 14.7 Å². The molecule has 0 atom stereocenters. The van der Waals surface area contributed by atoms with Gasteiger partial charge < -0.3 is 10.0 Å². The molecule has 0 aliphatic carbocycles. The predicted molar refractivity (Wildman–Crippen MR) is 75.8 cm³/mol. The molecule has 0 bridgehead atoms. The maximum atomic E-state index is 12.2. The minimum atomic E-state index is -0.848. The van der Waals surface area contributed by atoms with Crippen LogP contribution in [0.15, 0.2) is 6.07 Å². The smallest absolute Gasteiger partial charge is 0.303 e. The highest BCUT2D eigenvalue weighted by Crippen LogP contribution is 2.17. The van der Waals surface area contributed by atoms with Crippen molar-refractivity contribution >= 4 is 11.9 Å². The summed E-state index contributed by atoms with van der Waals surface area (Å²) in [7, 11) is 1.66. The monoisotopic (exact) mass is 281 g/mol. The van der Waals surface area contributed by atoms with E-state index in [2.05, 4.69) is 5.10 Å². The topological polar surface area (TPSA) is 75.4 Å². The lowest BCUT2D eigenvalue weighted by atomic mass is 10.1. The van der Waals surface area contributed by atoms with Crippen molar-refractivity contribution in [3.63, 3.8) is 0 Å². The zero-order valence-electron chi connectivity index (χ0n) is 12.8. The van der Waals surface area contributed by atoms with Crippen LogP contribution < -0.4 is 0 Å². The molecule has 20 heavy (non-hydrogen) atoms. The number of carboxylic acids is 1. The predicted octanol–water partition coefficient (Wildman–Crippen LogP) is 1.88. The molecule has 112 valence electrons. The van der Waals surface area contributed by atoms with Crippen molar-refractivity contribution in [2.45, 2.75) is 46.1 Å². The molecule has 1 aromatic heterocycles. The minimum absolute atomic E-state index is 0.0626. The van der Waals surface area contributed by atoms with Crippen LogP contribution in [0.4, 0.5) is 0 Å². The van der Waals surface area contributed by atoms with Gasteiger partial charge in [0, 0.05) is 25.7 Å². The van der Waals surface area contributed by atoms with Crippen LogP contribution >= 0.6 is 0 Å². The molecular formula is C14H23N3O3. The Bertz CT molecular complexity index is 500. The third-order valence-electron chi connectivity index (χ3n) is 2.97. The van der Waals surface area contributed by atoms with Gasteiger partial charge in [-0.2, -0.15) is 5.10 Å². The summed E-state index contributed by atoms with van der Waals surface area (Å²) in [6, 6.07) is 1.77. The van der Waals surface area contributed by atoms with Crippen LogP contribution in [0.5, 0.6) is 0 Å². The Balaban J connectivity index is 2.75. The van der Waals surface area contributed by atoms with E-state index in [1.165, 1.54) is 4.90 Å². The second-order valence-corrected chi connectivity index (χ2v) is 5.98. The number of aryl methyl sites for hydroxylation is 1. The van der Waals surface area contributed by atoms with Crippen molar-refractivity contribution in [3.8, 4) is 0 Å². The van der Waals surface area contributed by atoms with E-state index in [-0.39, 0.29) is 17.9 Å². The number of carboxylic acid groups (broad SMARTS) is 1. The van der Waals surface area contributed by atoms with Gasteiger partial charge in [0.05, 0.1) is 5.54 Å². The Morgan fingerprint density at radius 2 is 2.00 bits per heavy atom. The molecule has 0 aliphatic rings. The summed E-state index contributed by atoms with van der Waals surface area (Å²) in [5.41, 5.74) is 1.15. The van der Waals surface area contributed by atoms with Crippen molar-refractivity contribution in [3.05, 3.63) is 17.5 Å². The van der Waals surface area contributed by atoms with E-state index >= 15 is 0 Å². The van der Waals surface area contributed by atoms with Crippen LogP contribution in [0.3, 0.4) is 0 Å². The number of aromatic nitrogens is 2. The minimum Gasteiger partial charge on any atom is -0.481 e. The third-order valence-corrected chi connectivity index (χ3v) is 2.97. The third kappa shape index (κ3) is 4.08. The number of rotatable bonds is 5. The summed E-state index contributed by atoms with van der Waals surface area (Å²) < 4.78 is 1.82. The fourth-order valence-corrected chi connectivity index (χ4v) is 2.02. The lowest BCUT2D eigenvalue weighted by Gasteiger charge is -2.21. The standard InChI is InChI=1S/C14H23N3O3/c1-10-9-11(15-17(10)14(2,3)4)13(20)16(5)8-6-7-12(18)19/h9H,6-8H2,1-5H3,(H,18,19). The van der Waals surface area contributed by atoms with E-state index in [1.54, 1.807) is 13.1 Å². The number of hydrogen-bond donors (Lipinski definition) is 1. The molecular weight excluding hydrogens is 258 g/mol. The molecule has 0 saturated carbocycles. The SMILES string of the molecule is Cc1cc(C(=O)N(C)CCCC(=O)O)nn1C(C)(C)C. The molecule has 0 aromatic carbocycles. The maximum absolute atomic E-state index is 12.2. The molecule has 6 nitrogen and oxygen atoms in total. The van der Waals surface area contributed by atoms with Crippen LogP contribution in [0.1, 0.15) is 49.8 Å². The molecule has 6 heteroatoms. The van der Waals surface area contributed by atoms with Gasteiger partial charge in [0.2, 0.25) is 0 Å². The van der Waals surface area contributed by atoms with E-state index < -0.39 is 5.97 Å². The van der Waals surface area contributed by atoms with Gasteiger partial charge in [-0.3, -0.25) is 14.3 Å². The Morgan fingerprint density at radius 3 is 2.45 bits per heavy atom. The van der Waals surface area contributed by atoms with E-state index in [4.69, 9.17) is 5.11 Å². The fourth-order valence-electron chi connectivity index (χ4n) is 2.02. The van der Waals surface area contributed by atoms with Gasteiger partial charge in [0.25, 0.3) is 5.91 Å². The van der Waals surface area contributed by atoms with Gasteiger partial charge in [-0.15, -0.1) is 0 Å². The average molecular weight is 281 g/mol. The fraction of sp³-hybridized carbons (Fsp3) is 0.643. The molecule has 0 radical (unpaired) electrons. The van der Waals surface area contributed by atoms with Crippen molar-refractivity contribution < 1.29 is 14.7 Å². The van der Waals surface area contributed by atoms with Crippen LogP contribution in [0.2, 0.25) is 0 Å². The van der Waals surface area contributed by atoms with Crippen LogP contribution in [-0.4, -0.2) is 45.3 Å². The van der Waals surface area contributed by atoms with Crippen molar-refractivity contribution in [2.75, 3.05) is 13.6 Å². The molecule has 0 fully saturated rings. The first-order valence-corrected chi connectivity index (χ1v) is 6.67. The first kappa shape index (κ1) is 16.2. The molecule has 1 N–H and O–H groups in total. The van der Waals surface area contributed by atoms with E-state index in [9.17, 15) is 9.59 Å². The normalized spacial score (nSPS) is 11.4. The molecule has 1 amide bonds. The summed E-state index contributed by atoms with van der Waals surface area (Å²) in [6.45, 7) is 8.40. The van der Waals surface area contributed by atoms with Crippen LogP contribution in [-0.2, 0) is 10.3 Å². The summed E-state index contributed by atoms with van der Waals surface area (Å²) in [5.74, 6) is -1.03. The molecule has 1 rings (SSSR count). The number of hydrogen-bond acceptors (Lipinski definition) is 3. The van der Waals surface area contributed by atoms with Gasteiger partial charge in [0.1, 0.15) is 0 Å². The Morgan fingerprint density at radius 1 is 1.40 bits per heavy atom. The first-order chi connectivity index (χ1) is 9.12. The Labute approximate surface area is 119 Å². The number of aliphatic carboxylic acids is 1. The molecule has 1 heterocycles. The largest absolute Gasteiger partial charge is 0.481 e. The highest BCUT2D eigenvalue weighted by molar-refractivity contribution is 5.92. The number of carbonyl (C=O) groups is 2. The highest BCUT2D eigenvalue weighted by Gasteiger charge is 2.21. The van der Waals surface area contributed by atoms with Gasteiger partial charge in [-0.1, -0.05) is 0 Å². The lowest BCUT2D eigenvalue weighted by molar-refractivity contribution is -0.137. The van der Waals surface area contributed by atoms with Crippen molar-refractivity contribution in [2.24, 2.45) is 0 Å². The molecule has 0 unspecified atom stereocenters. The van der Waals surface area contributed by atoms with Crippen molar-refractivity contribution in [1.29, 1.82) is 0 Å². The number of carbonyl (C=O) groups excluding carboxylic acids is 1. The molecule has 0 spiro atoms. The van der Waals surface area contributed by atoms with Crippen LogP contribution in [0, 0.1) is 6.92 Å². The average Bonchev–Trinajstić information content (AvgIpc) is 2.69. The van der Waals surface area contributed by atoms with Gasteiger partial charge in [-0.05, 0) is 40.2 Å². The van der Waals surface area contributed by atoms with E-state index in [0.29, 0.717) is 18.7 Å². The summed E-state index contributed by atoms with van der Waals surface area (Å²) in [5, 5.41) is 12.9. The zero-order valence-corrected chi connectivity index (χ0v) is 12.8. The molecule has 0 saturated heterocycles. The lowest BCUT2D eigenvalue weighted by Crippen LogP contribution is -2.29. The van der Waals surface area contributed by atoms with E-state index in [0.717, 1.165) is 5.69 Å². The molecule has 1 aromatic rings. The summed E-state index contributed by atoms with van der Waals surface area (Å²) in [6.07, 6.45) is 0.504. The first-order valence-electron chi connectivity index (χ1n) is 6.67. The second kappa shape index (κ2) is 6.07. The second-order valence-electron chi connectivity index (χ2n) is 5.98. The summed E-state index contributed by atoms with van der Waals surface area (Å²) in [4.78, 5) is 24.2. The number of amides is 1. The maximum Gasteiger partial charge on any atom is 0.303 e. The Kier molecular flexibility index (Phi) is 4.92. The highest BCUT2D eigenvalue weighted by atomic mass is 16.4. The number of nitrogens with zero attached hydrogens (tertiary/aromatic N) is 3. The molecule has 0 aliphatic heterocycles. The Hall–Kier alpha value is -1.85. The van der Waals surface area contributed by atoms with Gasteiger partial charge in [-0.25, -0.2) is 0 Å². The van der Waals surface area contributed by atoms with Gasteiger partial charge in [0.15, 0.2) is 5.69 Å². The van der Waals surface area contributed by atoms with Gasteiger partial charge >= 0.3 is 5.97 Å². The zero-order chi connectivity index (χ0) is 15.5. The quantitative estimate of drug-likeness (QED) is 0.894.